The number of rotatable bonds is 5. The molecule has 2 aromatic carbocycles. The molecule has 2 aromatic rings. The van der Waals surface area contributed by atoms with E-state index in [2.05, 4.69) is 85.9 Å². The van der Waals surface area contributed by atoms with E-state index in [9.17, 15) is 0 Å². The third kappa shape index (κ3) is 5.18. The van der Waals surface area contributed by atoms with Crippen LogP contribution in [0.4, 0.5) is 0 Å². The van der Waals surface area contributed by atoms with Gasteiger partial charge in [-0.1, -0.05) is 0 Å². The summed E-state index contributed by atoms with van der Waals surface area (Å²) in [5.74, 6) is 0.365. The molecule has 0 bridgehead atoms. The molecule has 0 heterocycles. The van der Waals surface area contributed by atoms with Gasteiger partial charge in [-0.3, -0.25) is 0 Å². The Hall–Kier alpha value is -0.920. The van der Waals surface area contributed by atoms with Crippen LogP contribution in [0.3, 0.4) is 0 Å². The summed E-state index contributed by atoms with van der Waals surface area (Å²) in [4.78, 5) is 0. The maximum Gasteiger partial charge on any atom is -1.00 e. The van der Waals surface area contributed by atoms with Crippen LogP contribution < -0.4 is 24.8 Å². The van der Waals surface area contributed by atoms with Gasteiger partial charge < -0.3 is 24.8 Å². The van der Waals surface area contributed by atoms with Crippen molar-refractivity contribution in [3.05, 3.63) is 113 Å². The monoisotopic (exact) mass is 609 g/mol. The van der Waals surface area contributed by atoms with Crippen LogP contribution in [0.2, 0.25) is 13.1 Å². The Balaban J connectivity index is 0.00000152. The van der Waals surface area contributed by atoms with Crippen molar-refractivity contribution in [3.63, 3.8) is 0 Å². The Bertz CT molecular complexity index is 1100. The van der Waals surface area contributed by atoms with Crippen molar-refractivity contribution < 1.29 is 45.7 Å². The molecule has 0 aliphatic heterocycles. The average Bonchev–Trinajstić information content (AvgIpc) is 3.43. The Labute approximate surface area is 239 Å². The summed E-state index contributed by atoms with van der Waals surface area (Å²) in [5.41, 5.74) is 10.2. The molecule has 0 saturated heterocycles. The molecule has 0 amide bonds. The topological polar surface area (TPSA) is 0 Å². The van der Waals surface area contributed by atoms with E-state index < -0.39 is 26.8 Å². The molecule has 0 radical (unpaired) electrons. The largest absolute Gasteiger partial charge is 1.00 e. The normalized spacial score (nSPS) is 22.9. The predicted octanol–water partition coefficient (Wildman–Crippen LogP) is 2.70. The van der Waals surface area contributed by atoms with Gasteiger partial charge in [-0.25, -0.2) is 0 Å². The van der Waals surface area contributed by atoms with E-state index in [1.165, 1.54) is 51.4 Å². The van der Waals surface area contributed by atoms with Crippen LogP contribution in [-0.2, 0) is 20.9 Å². The molecule has 4 aliphatic carbocycles. The van der Waals surface area contributed by atoms with Gasteiger partial charge in [0.2, 0.25) is 0 Å². The van der Waals surface area contributed by atoms with E-state index in [0.29, 0.717) is 11.8 Å². The van der Waals surface area contributed by atoms with Gasteiger partial charge in [0.1, 0.15) is 0 Å². The van der Waals surface area contributed by atoms with E-state index in [4.69, 9.17) is 0 Å². The van der Waals surface area contributed by atoms with Crippen molar-refractivity contribution in [2.75, 3.05) is 0 Å². The van der Waals surface area contributed by atoms with Crippen molar-refractivity contribution in [3.8, 4) is 0 Å². The Kier molecular flexibility index (Phi) is 9.59. The van der Waals surface area contributed by atoms with Gasteiger partial charge in [0, 0.05) is 0 Å². The molecule has 0 N–H and O–H groups in total. The molecule has 6 rings (SSSR count). The van der Waals surface area contributed by atoms with Crippen LogP contribution >= 0.6 is 0 Å². The van der Waals surface area contributed by atoms with Gasteiger partial charge in [-0.05, 0) is 0 Å². The van der Waals surface area contributed by atoms with E-state index in [1.54, 1.807) is 33.4 Å². The fraction of sp³-hybridized carbons (Fsp3) is 0.375. The Morgan fingerprint density at radius 2 is 0.972 bits per heavy atom. The van der Waals surface area contributed by atoms with Gasteiger partial charge in [0.25, 0.3) is 0 Å². The van der Waals surface area contributed by atoms with Gasteiger partial charge in [0.05, 0.1) is 0 Å². The Morgan fingerprint density at radius 3 is 1.36 bits per heavy atom. The first-order valence-corrected chi connectivity index (χ1v) is 23.2. The number of halogens is 2. The van der Waals surface area contributed by atoms with E-state index in [1.807, 2.05) is 6.56 Å². The van der Waals surface area contributed by atoms with Gasteiger partial charge in [0.15, 0.2) is 0 Å². The van der Waals surface area contributed by atoms with E-state index >= 15 is 0 Å². The summed E-state index contributed by atoms with van der Waals surface area (Å²) in [6, 6.07) is 23.2. The molecule has 0 aromatic heterocycles. The maximum absolute atomic E-state index is 2.79. The smallest absolute Gasteiger partial charge is 1.00 e. The molecule has 0 saturated carbocycles. The molecule has 36 heavy (non-hydrogen) atoms. The second-order valence-corrected chi connectivity index (χ2v) is 30.1. The van der Waals surface area contributed by atoms with E-state index in [0.717, 1.165) is 0 Å². The summed E-state index contributed by atoms with van der Waals surface area (Å²) in [6.07, 6.45) is 16.4. The minimum atomic E-state index is -2.02. The average molecular weight is 612 g/mol. The summed E-state index contributed by atoms with van der Waals surface area (Å²) in [6.45, 7) is 5.38. The fourth-order valence-corrected chi connectivity index (χ4v) is 26.9. The second-order valence-electron chi connectivity index (χ2n) is 11.0. The fourth-order valence-electron chi connectivity index (χ4n) is 7.16. The Morgan fingerprint density at radius 1 is 0.583 bits per heavy atom. The summed E-state index contributed by atoms with van der Waals surface area (Å²) in [7, 11) is 0. The molecule has 0 spiro atoms. The van der Waals surface area contributed by atoms with Crippen LogP contribution in [0.5, 0.6) is 0 Å². The maximum atomic E-state index is 2.79. The van der Waals surface area contributed by atoms with Crippen LogP contribution in [0.15, 0.2) is 102 Å². The molecule has 0 nitrogen and oxygen atoms in total. The zero-order valence-corrected chi connectivity index (χ0v) is 26.7. The first kappa shape index (κ1) is 28.1. The summed E-state index contributed by atoms with van der Waals surface area (Å²) >= 11 is -2.02. The molecule has 0 fully saturated rings. The second kappa shape index (κ2) is 12.3. The van der Waals surface area contributed by atoms with Crippen molar-refractivity contribution in [2.45, 2.75) is 76.3 Å². The quantitative estimate of drug-likeness (QED) is 0.457. The third-order valence-corrected chi connectivity index (χ3v) is 27.4. The third-order valence-electron chi connectivity index (χ3n) is 8.55. The van der Waals surface area contributed by atoms with Crippen LogP contribution in [0.25, 0.3) is 0 Å². The molecule has 2 atom stereocenters. The molecule has 0 unspecified atom stereocenters. The van der Waals surface area contributed by atoms with Crippen molar-refractivity contribution in [1.29, 1.82) is 0 Å². The molecular weight excluding hydrogens is 575 g/mol. The van der Waals surface area contributed by atoms with Crippen LogP contribution in [0, 0.1) is 0 Å². The summed E-state index contributed by atoms with van der Waals surface area (Å²) < 4.78 is 3.88. The van der Waals surface area contributed by atoms with Crippen molar-refractivity contribution in [1.82, 2.24) is 0 Å². The first-order valence-electron chi connectivity index (χ1n) is 13.6. The van der Waals surface area contributed by atoms with E-state index in [-0.39, 0.29) is 24.8 Å². The molecular formula is C32H37Cl2SiZr. The number of hydrogen-bond donors (Lipinski definition) is 0. The SMILES string of the molecule is C[SiH](C)[Zr+2]([C]1=CC2=C(CCCC2)[C@@H]1c1ccccc1)[C]1=CC2=C(CCCC2)[C@H]1c1ccccc1.[Cl-].[Cl-]. The van der Waals surface area contributed by atoms with Crippen molar-refractivity contribution >= 4 is 5.92 Å². The molecule has 187 valence electrons. The molecule has 4 heteroatoms. The number of benzene rings is 2. The first-order chi connectivity index (χ1) is 16.7. The molecule has 4 aliphatic rings. The van der Waals surface area contributed by atoms with Crippen molar-refractivity contribution in [2.24, 2.45) is 0 Å². The number of allylic oxidation sites excluding steroid dienone is 8. The predicted molar refractivity (Wildman–Crippen MR) is 144 cm³/mol. The van der Waals surface area contributed by atoms with Crippen LogP contribution in [-0.4, -0.2) is 5.92 Å². The summed E-state index contributed by atoms with van der Waals surface area (Å²) in [5, 5.41) is 0. The standard InChI is InChI=1S/2C15H15.C2H7Si.2ClH.Zr/c2*1-2-6-12(7-3-1)15-11-10-13-8-4-5-9-14(13)15;1-3-2;;;/h2*1-3,6-7,10,15H,4-5,8-9H2;3H,1-2H3;2*1H;/q;;;;;+2/p-2/t2*15-;;;;/m10..../s1. The van der Waals surface area contributed by atoms with Crippen LogP contribution in [0.1, 0.15) is 74.3 Å². The minimum absolute atomic E-state index is 0. The van der Waals surface area contributed by atoms with Gasteiger partial charge >= 0.3 is 216 Å². The van der Waals surface area contributed by atoms with Gasteiger partial charge in [-0.15, -0.1) is 0 Å². The zero-order chi connectivity index (χ0) is 23.1. The zero-order valence-electron chi connectivity index (χ0n) is 21.6. The minimum Gasteiger partial charge on any atom is -1.00 e. The number of hydrogen-bond acceptors (Lipinski definition) is 0. The van der Waals surface area contributed by atoms with Gasteiger partial charge in [-0.2, -0.15) is 0 Å².